The Balaban J connectivity index is 0.000000330. The highest BCUT2D eigenvalue weighted by atomic mass is 16.5. The van der Waals surface area contributed by atoms with Crippen LogP contribution >= 0.6 is 0 Å². The molecule has 2 rings (SSSR count). The van der Waals surface area contributed by atoms with Crippen LogP contribution in [-0.4, -0.2) is 61.3 Å². The van der Waals surface area contributed by atoms with Crippen LogP contribution < -0.4 is 4.74 Å². The second-order valence-electron chi connectivity index (χ2n) is 6.83. The van der Waals surface area contributed by atoms with E-state index in [4.69, 9.17) is 25.2 Å². The van der Waals surface area contributed by atoms with Gasteiger partial charge in [0.15, 0.2) is 5.60 Å². The molecule has 0 radical (unpaired) electrons. The molecule has 0 amide bonds. The van der Waals surface area contributed by atoms with Gasteiger partial charge in [0.25, 0.3) is 0 Å². The third-order valence-corrected chi connectivity index (χ3v) is 4.37. The molecule has 6 N–H and O–H groups in total. The second-order valence-corrected chi connectivity index (χ2v) is 6.83. The van der Waals surface area contributed by atoms with E-state index in [2.05, 4.69) is 0 Å². The Kier molecular flexibility index (Phi) is 8.54. The summed E-state index contributed by atoms with van der Waals surface area (Å²) in [5.41, 5.74) is -2.34. The maximum absolute atomic E-state index is 10.6. The molecule has 10 nitrogen and oxygen atoms in total. The van der Waals surface area contributed by atoms with Gasteiger partial charge in [0.1, 0.15) is 17.1 Å². The fourth-order valence-corrected chi connectivity index (χ4v) is 2.58. The average Bonchev–Trinajstić information content (AvgIpc) is 2.67. The zero-order chi connectivity index (χ0) is 23.8. The van der Waals surface area contributed by atoms with Crippen LogP contribution in [-0.2, 0) is 20.0 Å². The van der Waals surface area contributed by atoms with Crippen molar-refractivity contribution in [3.8, 4) is 11.5 Å². The molecule has 168 valence electrons. The molecule has 1 unspecified atom stereocenters. The summed E-state index contributed by atoms with van der Waals surface area (Å²) >= 11 is 0. The van der Waals surface area contributed by atoms with Crippen molar-refractivity contribution in [1.82, 2.24) is 0 Å². The summed E-state index contributed by atoms with van der Waals surface area (Å²) in [6.07, 6.45) is -2.29. The molecule has 0 bridgehead atoms. The number of hydrogen-bond donors (Lipinski definition) is 6. The molecule has 0 saturated heterocycles. The van der Waals surface area contributed by atoms with Gasteiger partial charge in [-0.05, 0) is 42.3 Å². The largest absolute Gasteiger partial charge is 0.508 e. The highest BCUT2D eigenvalue weighted by molar-refractivity contribution is 5.88. The van der Waals surface area contributed by atoms with Crippen LogP contribution in [0.15, 0.2) is 48.5 Å². The zero-order valence-corrected chi connectivity index (χ0v) is 16.8. The Morgan fingerprint density at radius 1 is 0.806 bits per heavy atom. The van der Waals surface area contributed by atoms with Crippen molar-refractivity contribution in [2.75, 3.05) is 7.11 Å². The Hall–Kier alpha value is -3.63. The van der Waals surface area contributed by atoms with Gasteiger partial charge in [-0.25, -0.2) is 4.79 Å². The summed E-state index contributed by atoms with van der Waals surface area (Å²) in [6, 6.07) is 13.8. The van der Waals surface area contributed by atoms with Gasteiger partial charge in [-0.2, -0.15) is 0 Å². The molecule has 0 aliphatic rings. The topological polar surface area (TPSA) is 182 Å². The van der Waals surface area contributed by atoms with Crippen LogP contribution in [0.1, 0.15) is 30.9 Å². The number of rotatable bonds is 8. The molecule has 2 aromatic carbocycles. The molecule has 0 spiro atoms. The van der Waals surface area contributed by atoms with E-state index in [0.29, 0.717) is 0 Å². The van der Waals surface area contributed by atoms with Crippen molar-refractivity contribution in [2.24, 2.45) is 0 Å². The number of ether oxygens (including phenoxy) is 1. The molecular weight excluding hydrogens is 412 g/mol. The fourth-order valence-electron chi connectivity index (χ4n) is 2.58. The molecule has 0 aromatic heterocycles. The predicted octanol–water partition coefficient (Wildman–Crippen LogP) is 1.41. The van der Waals surface area contributed by atoms with Crippen molar-refractivity contribution in [3.63, 3.8) is 0 Å². The van der Waals surface area contributed by atoms with E-state index in [1.807, 2.05) is 24.3 Å². The lowest BCUT2D eigenvalue weighted by molar-refractivity contribution is -0.170. The Bertz CT molecular complexity index is 885. The van der Waals surface area contributed by atoms with E-state index in [1.165, 1.54) is 0 Å². The first-order valence-electron chi connectivity index (χ1n) is 8.87. The molecular formula is C21H24O10. The lowest BCUT2D eigenvalue weighted by atomic mass is 9.88. The van der Waals surface area contributed by atoms with Crippen LogP contribution in [0.25, 0.3) is 0 Å². The molecule has 10 heteroatoms. The molecule has 31 heavy (non-hydrogen) atoms. The van der Waals surface area contributed by atoms with Crippen molar-refractivity contribution in [2.45, 2.75) is 31.0 Å². The number of carboxylic acid groups (broad SMARTS) is 3. The van der Waals surface area contributed by atoms with Crippen LogP contribution in [0.4, 0.5) is 0 Å². The summed E-state index contributed by atoms with van der Waals surface area (Å²) in [5, 5.41) is 53.7. The normalized spacial score (nSPS) is 12.6. The Morgan fingerprint density at radius 3 is 1.52 bits per heavy atom. The summed E-state index contributed by atoms with van der Waals surface area (Å²) < 4.78 is 5.09. The lowest BCUT2D eigenvalue weighted by Crippen LogP contribution is -2.42. The SMILES string of the molecule is COc1ccc(C(C)(O)c2ccc(O)cc2)cc1.O=C(O)CC(O)(CC(=O)O)C(=O)O. The monoisotopic (exact) mass is 436 g/mol. The smallest absolute Gasteiger partial charge is 0.336 e. The lowest BCUT2D eigenvalue weighted by Gasteiger charge is -2.24. The van der Waals surface area contributed by atoms with Crippen molar-refractivity contribution < 1.29 is 49.8 Å². The van der Waals surface area contributed by atoms with E-state index in [-0.39, 0.29) is 5.75 Å². The first-order valence-corrected chi connectivity index (χ1v) is 8.87. The van der Waals surface area contributed by atoms with E-state index in [9.17, 15) is 24.6 Å². The summed E-state index contributed by atoms with van der Waals surface area (Å²) in [5.74, 6) is -4.08. The minimum Gasteiger partial charge on any atom is -0.508 e. The number of benzene rings is 2. The summed E-state index contributed by atoms with van der Waals surface area (Å²) in [7, 11) is 1.60. The number of hydrogen-bond acceptors (Lipinski definition) is 7. The third-order valence-electron chi connectivity index (χ3n) is 4.37. The molecule has 0 heterocycles. The molecule has 0 fully saturated rings. The van der Waals surface area contributed by atoms with E-state index >= 15 is 0 Å². The van der Waals surface area contributed by atoms with Gasteiger partial charge in [0, 0.05) is 0 Å². The summed E-state index contributed by atoms with van der Waals surface area (Å²) in [6.45, 7) is 1.72. The quantitative estimate of drug-likeness (QED) is 0.354. The molecule has 2 aromatic rings. The zero-order valence-electron chi connectivity index (χ0n) is 16.8. The minimum atomic E-state index is -2.74. The van der Waals surface area contributed by atoms with E-state index < -0.39 is 42.0 Å². The first kappa shape index (κ1) is 25.4. The number of phenols is 1. The molecule has 0 saturated carbocycles. The van der Waals surface area contributed by atoms with Gasteiger partial charge in [0.05, 0.1) is 20.0 Å². The standard InChI is InChI=1S/C15H16O3.C6H8O7/c1-15(17,11-3-7-13(16)8-4-11)12-5-9-14(18-2)10-6-12;7-3(8)1-6(13,5(11)12)2-4(9)10/h3-10,16-17H,1-2H3;13H,1-2H2,(H,7,8)(H,9,10)(H,11,12). The van der Waals surface area contributed by atoms with Gasteiger partial charge in [-0.3, -0.25) is 9.59 Å². The fraction of sp³-hybridized carbons (Fsp3) is 0.286. The summed E-state index contributed by atoms with van der Waals surface area (Å²) in [4.78, 5) is 30.5. The highest BCUT2D eigenvalue weighted by Crippen LogP contribution is 2.31. The highest BCUT2D eigenvalue weighted by Gasteiger charge is 2.40. The maximum Gasteiger partial charge on any atom is 0.336 e. The van der Waals surface area contributed by atoms with Gasteiger partial charge in [-0.1, -0.05) is 24.3 Å². The second kappa shape index (κ2) is 10.4. The maximum atomic E-state index is 10.6. The van der Waals surface area contributed by atoms with Crippen LogP contribution in [0.2, 0.25) is 0 Å². The van der Waals surface area contributed by atoms with Crippen LogP contribution in [0, 0.1) is 0 Å². The predicted molar refractivity (Wildman–Crippen MR) is 107 cm³/mol. The van der Waals surface area contributed by atoms with Crippen molar-refractivity contribution in [1.29, 1.82) is 0 Å². The number of aromatic hydroxyl groups is 1. The van der Waals surface area contributed by atoms with E-state index in [0.717, 1.165) is 16.9 Å². The molecule has 1 atom stereocenters. The van der Waals surface area contributed by atoms with Gasteiger partial charge < -0.3 is 35.4 Å². The number of aliphatic hydroxyl groups is 2. The Labute approximate surface area is 177 Å². The van der Waals surface area contributed by atoms with Gasteiger partial charge in [0.2, 0.25) is 0 Å². The van der Waals surface area contributed by atoms with Gasteiger partial charge in [-0.15, -0.1) is 0 Å². The number of methoxy groups -OCH3 is 1. The molecule has 0 aliphatic heterocycles. The first-order chi connectivity index (χ1) is 14.3. The number of carboxylic acids is 3. The number of phenolic OH excluding ortho intramolecular Hbond substituents is 1. The number of carbonyl (C=O) groups is 3. The number of aliphatic carboxylic acids is 3. The van der Waals surface area contributed by atoms with Crippen LogP contribution in [0.3, 0.4) is 0 Å². The van der Waals surface area contributed by atoms with Crippen LogP contribution in [0.5, 0.6) is 11.5 Å². The van der Waals surface area contributed by atoms with Gasteiger partial charge >= 0.3 is 17.9 Å². The molecule has 0 aliphatic carbocycles. The Morgan fingerprint density at radius 2 is 1.19 bits per heavy atom. The average molecular weight is 436 g/mol. The third kappa shape index (κ3) is 7.28. The van der Waals surface area contributed by atoms with E-state index in [1.54, 1.807) is 38.3 Å². The van der Waals surface area contributed by atoms with Crippen molar-refractivity contribution >= 4 is 17.9 Å². The minimum absolute atomic E-state index is 0.185. The van der Waals surface area contributed by atoms with Crippen molar-refractivity contribution in [3.05, 3.63) is 59.7 Å².